The molecule has 158 valence electrons. The molecule has 2 N–H and O–H groups in total. The number of phenols is 1. The average Bonchev–Trinajstić information content (AvgIpc) is 3.42. The lowest BCUT2D eigenvalue weighted by Crippen LogP contribution is -2.38. The summed E-state index contributed by atoms with van der Waals surface area (Å²) in [5.74, 6) is -1.10. The lowest BCUT2D eigenvalue weighted by atomic mass is 9.85. The number of likely N-dealkylation sites (tertiary alicyclic amines) is 1. The molecule has 6 nitrogen and oxygen atoms in total. The summed E-state index contributed by atoms with van der Waals surface area (Å²) in [4.78, 5) is 40.8. The first kappa shape index (κ1) is 19.8. The summed E-state index contributed by atoms with van der Waals surface area (Å²) in [5, 5.41) is 12.7. The largest absolute Gasteiger partial charge is 0.508 e. The van der Waals surface area contributed by atoms with Gasteiger partial charge in [-0.05, 0) is 60.2 Å². The van der Waals surface area contributed by atoms with Crippen molar-refractivity contribution in [2.24, 2.45) is 23.7 Å². The molecule has 0 aromatic heterocycles. The van der Waals surface area contributed by atoms with Gasteiger partial charge in [-0.2, -0.15) is 0 Å². The van der Waals surface area contributed by atoms with E-state index in [0.29, 0.717) is 16.3 Å². The van der Waals surface area contributed by atoms with E-state index in [1.807, 2.05) is 12.2 Å². The molecule has 1 saturated carbocycles. The van der Waals surface area contributed by atoms with Crippen LogP contribution in [0.2, 0.25) is 5.02 Å². The number of allylic oxidation sites excluding steroid dienone is 2. The molecule has 0 radical (unpaired) electrons. The number of amides is 3. The predicted molar refractivity (Wildman–Crippen MR) is 115 cm³/mol. The van der Waals surface area contributed by atoms with Crippen molar-refractivity contribution < 1.29 is 19.5 Å². The van der Waals surface area contributed by atoms with Crippen LogP contribution < -0.4 is 5.32 Å². The monoisotopic (exact) mass is 436 g/mol. The smallest absolute Gasteiger partial charge is 0.234 e. The summed E-state index contributed by atoms with van der Waals surface area (Å²) in [5.41, 5.74) is 1.17. The number of halogens is 1. The summed E-state index contributed by atoms with van der Waals surface area (Å²) in [6.07, 6.45) is 4.86. The Kier molecular flexibility index (Phi) is 4.82. The molecular weight excluding hydrogens is 416 g/mol. The Hall–Kier alpha value is -3.12. The van der Waals surface area contributed by atoms with Crippen LogP contribution in [0.3, 0.4) is 0 Å². The fraction of sp³-hybridized carbons (Fsp3) is 0.292. The molecular formula is C24H21ClN2O4. The first-order valence-corrected chi connectivity index (χ1v) is 10.7. The van der Waals surface area contributed by atoms with Gasteiger partial charge >= 0.3 is 0 Å². The summed E-state index contributed by atoms with van der Waals surface area (Å²) >= 11 is 6.18. The molecule has 31 heavy (non-hydrogen) atoms. The van der Waals surface area contributed by atoms with Crippen LogP contribution in [0.1, 0.15) is 24.4 Å². The van der Waals surface area contributed by atoms with Crippen molar-refractivity contribution in [2.75, 3.05) is 5.32 Å². The molecule has 2 fully saturated rings. The molecule has 3 aliphatic rings. The number of carbonyl (C=O) groups excluding carboxylic acids is 3. The zero-order valence-electron chi connectivity index (χ0n) is 16.6. The van der Waals surface area contributed by atoms with Crippen molar-refractivity contribution in [3.05, 3.63) is 71.3 Å². The maximum absolute atomic E-state index is 13.3. The van der Waals surface area contributed by atoms with Crippen LogP contribution in [0.15, 0.2) is 60.7 Å². The molecule has 5 unspecified atom stereocenters. The lowest BCUT2D eigenvalue weighted by molar-refractivity contribution is -0.144. The Balaban J connectivity index is 1.44. The van der Waals surface area contributed by atoms with E-state index in [-0.39, 0.29) is 53.6 Å². The Morgan fingerprint density at radius 1 is 1.06 bits per heavy atom. The number of nitrogens with one attached hydrogen (secondary N) is 1. The van der Waals surface area contributed by atoms with Crippen LogP contribution in [0.5, 0.6) is 5.75 Å². The zero-order chi connectivity index (χ0) is 21.7. The molecule has 1 heterocycles. The first-order valence-electron chi connectivity index (χ1n) is 10.3. The Morgan fingerprint density at radius 2 is 1.71 bits per heavy atom. The van der Waals surface area contributed by atoms with Crippen LogP contribution in [0, 0.1) is 23.7 Å². The molecule has 1 saturated heterocycles. The Bertz CT molecular complexity index is 1070. The quantitative estimate of drug-likeness (QED) is 0.422. The third kappa shape index (κ3) is 3.41. The second-order valence-corrected chi connectivity index (χ2v) is 8.85. The second kappa shape index (κ2) is 7.54. The third-order valence-corrected chi connectivity index (χ3v) is 6.81. The Morgan fingerprint density at radius 3 is 2.32 bits per heavy atom. The first-order chi connectivity index (χ1) is 14.9. The van der Waals surface area contributed by atoms with Gasteiger partial charge in [-0.3, -0.25) is 19.3 Å². The number of imide groups is 1. The van der Waals surface area contributed by atoms with Gasteiger partial charge in [0, 0.05) is 10.7 Å². The van der Waals surface area contributed by atoms with Gasteiger partial charge in [0.15, 0.2) is 0 Å². The van der Waals surface area contributed by atoms with Crippen LogP contribution >= 0.6 is 11.6 Å². The molecule has 2 aromatic rings. The fourth-order valence-corrected chi connectivity index (χ4v) is 5.44. The van der Waals surface area contributed by atoms with E-state index in [1.165, 1.54) is 17.0 Å². The second-order valence-electron chi connectivity index (χ2n) is 8.42. The maximum Gasteiger partial charge on any atom is 0.234 e. The molecule has 3 amide bonds. The summed E-state index contributed by atoms with van der Waals surface area (Å²) in [6, 6.07) is 12.3. The van der Waals surface area contributed by atoms with E-state index in [2.05, 4.69) is 5.32 Å². The highest BCUT2D eigenvalue weighted by Crippen LogP contribution is 2.54. The number of nitrogens with zero attached hydrogens (tertiary/aromatic N) is 1. The van der Waals surface area contributed by atoms with Crippen molar-refractivity contribution in [1.82, 2.24) is 4.90 Å². The molecule has 2 aromatic carbocycles. The van der Waals surface area contributed by atoms with Gasteiger partial charge in [0.2, 0.25) is 17.7 Å². The van der Waals surface area contributed by atoms with E-state index < -0.39 is 6.04 Å². The SMILES string of the molecule is O=C(CC(c1cccc(Cl)c1)N1C(=O)C2C3C=CC(C3)C2C1=O)Nc1ccc(O)cc1. The normalized spacial score (nSPS) is 26.9. The minimum Gasteiger partial charge on any atom is -0.508 e. The van der Waals surface area contributed by atoms with Crippen molar-refractivity contribution in [1.29, 1.82) is 0 Å². The Labute approximate surface area is 184 Å². The van der Waals surface area contributed by atoms with Gasteiger partial charge in [-0.1, -0.05) is 35.9 Å². The molecule has 5 rings (SSSR count). The highest BCUT2D eigenvalue weighted by atomic mass is 35.5. The average molecular weight is 437 g/mol. The summed E-state index contributed by atoms with van der Waals surface area (Å²) in [7, 11) is 0. The molecule has 0 spiro atoms. The number of benzene rings is 2. The maximum atomic E-state index is 13.3. The van der Waals surface area contributed by atoms with E-state index >= 15 is 0 Å². The van der Waals surface area contributed by atoms with Crippen LogP contribution in [-0.2, 0) is 14.4 Å². The highest BCUT2D eigenvalue weighted by Gasteiger charge is 2.60. The van der Waals surface area contributed by atoms with Crippen LogP contribution in [0.25, 0.3) is 0 Å². The van der Waals surface area contributed by atoms with E-state index in [1.54, 1.807) is 36.4 Å². The minimum atomic E-state index is -0.735. The number of phenolic OH excluding ortho intramolecular Hbond substituents is 1. The standard InChI is InChI=1S/C24H21ClN2O4/c25-16-3-1-2-13(11-16)19(12-20(29)26-17-6-8-18(28)9-7-17)27-23(30)21-14-4-5-15(10-14)22(21)24(27)31/h1-9,11,14-15,19,21-22,28H,10,12H2,(H,26,29). The van der Waals surface area contributed by atoms with E-state index in [9.17, 15) is 19.5 Å². The van der Waals surface area contributed by atoms with Gasteiger partial charge in [-0.15, -0.1) is 0 Å². The fourth-order valence-electron chi connectivity index (χ4n) is 5.24. The minimum absolute atomic E-state index is 0.0824. The third-order valence-electron chi connectivity index (χ3n) is 6.58. The van der Waals surface area contributed by atoms with Crippen molar-refractivity contribution in [3.63, 3.8) is 0 Å². The molecule has 7 heteroatoms. The van der Waals surface area contributed by atoms with Gasteiger partial charge in [0.1, 0.15) is 5.75 Å². The topological polar surface area (TPSA) is 86.7 Å². The van der Waals surface area contributed by atoms with E-state index in [0.717, 1.165) is 6.42 Å². The number of aromatic hydroxyl groups is 1. The predicted octanol–water partition coefficient (Wildman–Crippen LogP) is 3.92. The molecule has 5 atom stereocenters. The number of carbonyl (C=O) groups is 3. The summed E-state index contributed by atoms with van der Waals surface area (Å²) in [6.45, 7) is 0. The number of rotatable bonds is 5. The van der Waals surface area contributed by atoms with Crippen molar-refractivity contribution in [3.8, 4) is 5.75 Å². The molecule has 2 aliphatic carbocycles. The number of anilines is 1. The zero-order valence-corrected chi connectivity index (χ0v) is 17.3. The van der Waals surface area contributed by atoms with E-state index in [4.69, 9.17) is 11.6 Å². The van der Waals surface area contributed by atoms with Crippen LogP contribution in [-0.4, -0.2) is 27.7 Å². The van der Waals surface area contributed by atoms with Gasteiger partial charge < -0.3 is 10.4 Å². The van der Waals surface area contributed by atoms with Crippen molar-refractivity contribution in [2.45, 2.75) is 18.9 Å². The van der Waals surface area contributed by atoms with Crippen molar-refractivity contribution >= 4 is 35.0 Å². The number of hydrogen-bond acceptors (Lipinski definition) is 4. The van der Waals surface area contributed by atoms with Gasteiger partial charge in [0.25, 0.3) is 0 Å². The molecule has 1 aliphatic heterocycles. The number of hydrogen-bond donors (Lipinski definition) is 2. The van der Waals surface area contributed by atoms with Crippen LogP contribution in [0.4, 0.5) is 5.69 Å². The highest BCUT2D eigenvalue weighted by molar-refractivity contribution is 6.30. The number of fused-ring (bicyclic) bond motifs is 5. The lowest BCUT2D eigenvalue weighted by Gasteiger charge is -2.28. The summed E-state index contributed by atoms with van der Waals surface area (Å²) < 4.78 is 0. The van der Waals surface area contributed by atoms with Gasteiger partial charge in [-0.25, -0.2) is 0 Å². The van der Waals surface area contributed by atoms with Gasteiger partial charge in [0.05, 0.1) is 24.3 Å². The molecule has 2 bridgehead atoms.